The van der Waals surface area contributed by atoms with Gasteiger partial charge in [0.1, 0.15) is 11.7 Å². The monoisotopic (exact) mass is 408 g/mol. The molecular weight excluding hydrogens is 387 g/mol. The van der Waals surface area contributed by atoms with Crippen LogP contribution in [0.3, 0.4) is 0 Å². The molecule has 0 bridgehead atoms. The summed E-state index contributed by atoms with van der Waals surface area (Å²) in [5, 5.41) is 8.72. The second-order valence-corrected chi connectivity index (χ2v) is 6.84. The fourth-order valence-electron chi connectivity index (χ4n) is 3.12. The van der Waals surface area contributed by atoms with E-state index in [4.69, 9.17) is 10.8 Å². The SMILES string of the molecule is Cc1cc(C(=O)N(Cc2ccc(/C(N)=N\C(=O)O)cc2)c2ccc(F)cc2)c(C)[nH]1. The van der Waals surface area contributed by atoms with E-state index >= 15 is 0 Å². The van der Waals surface area contributed by atoms with Gasteiger partial charge >= 0.3 is 6.09 Å². The molecule has 0 aliphatic heterocycles. The number of carbonyl (C=O) groups is 2. The molecule has 2 aromatic carbocycles. The van der Waals surface area contributed by atoms with Gasteiger partial charge in [-0.15, -0.1) is 0 Å². The number of aromatic amines is 1. The summed E-state index contributed by atoms with van der Waals surface area (Å²) in [5.74, 6) is -0.726. The number of nitrogens with one attached hydrogen (secondary N) is 1. The molecule has 2 amide bonds. The molecule has 0 fully saturated rings. The second kappa shape index (κ2) is 8.60. The summed E-state index contributed by atoms with van der Waals surface area (Å²) >= 11 is 0. The van der Waals surface area contributed by atoms with E-state index in [-0.39, 0.29) is 18.3 Å². The molecule has 154 valence electrons. The van der Waals surface area contributed by atoms with Crippen molar-refractivity contribution >= 4 is 23.5 Å². The van der Waals surface area contributed by atoms with Crippen LogP contribution in [0.25, 0.3) is 0 Å². The molecule has 3 aromatic rings. The lowest BCUT2D eigenvalue weighted by Gasteiger charge is -2.23. The molecule has 4 N–H and O–H groups in total. The minimum atomic E-state index is -1.37. The van der Waals surface area contributed by atoms with Crippen molar-refractivity contribution in [3.8, 4) is 0 Å². The second-order valence-electron chi connectivity index (χ2n) is 6.84. The summed E-state index contributed by atoms with van der Waals surface area (Å²) < 4.78 is 13.4. The first-order valence-corrected chi connectivity index (χ1v) is 9.14. The van der Waals surface area contributed by atoms with Crippen molar-refractivity contribution in [1.82, 2.24) is 4.98 Å². The van der Waals surface area contributed by atoms with E-state index < -0.39 is 11.9 Å². The number of halogens is 1. The number of aryl methyl sites for hydroxylation is 2. The highest BCUT2D eigenvalue weighted by molar-refractivity contribution is 6.07. The Morgan fingerprint density at radius 3 is 2.27 bits per heavy atom. The number of amidine groups is 1. The number of amides is 2. The van der Waals surface area contributed by atoms with Gasteiger partial charge in [-0.1, -0.05) is 24.3 Å². The first-order chi connectivity index (χ1) is 14.2. The average Bonchev–Trinajstić information content (AvgIpc) is 3.04. The van der Waals surface area contributed by atoms with E-state index in [1.165, 1.54) is 12.1 Å². The van der Waals surface area contributed by atoms with E-state index in [9.17, 15) is 14.0 Å². The van der Waals surface area contributed by atoms with Gasteiger partial charge in [0.2, 0.25) is 0 Å². The zero-order valence-electron chi connectivity index (χ0n) is 16.5. The predicted molar refractivity (Wildman–Crippen MR) is 112 cm³/mol. The lowest BCUT2D eigenvalue weighted by atomic mass is 10.1. The Hall–Kier alpha value is -3.94. The van der Waals surface area contributed by atoms with E-state index in [1.807, 2.05) is 13.8 Å². The molecule has 0 aliphatic rings. The standard InChI is InChI=1S/C22H21FN4O3/c1-13-11-19(14(2)25-13)21(28)27(18-9-7-17(23)8-10-18)12-15-3-5-16(6-4-15)20(24)26-22(29)30/h3-11,25H,12H2,1-2H3,(H2,24,26)(H,29,30). The average molecular weight is 408 g/mol. The first-order valence-electron chi connectivity index (χ1n) is 9.14. The summed E-state index contributed by atoms with van der Waals surface area (Å²) in [6.07, 6.45) is -1.37. The molecule has 3 rings (SSSR count). The molecule has 0 saturated carbocycles. The number of nitrogens with zero attached hydrogens (tertiary/aromatic N) is 2. The topological polar surface area (TPSA) is 112 Å². The zero-order valence-corrected chi connectivity index (χ0v) is 16.5. The van der Waals surface area contributed by atoms with Gasteiger partial charge in [0.15, 0.2) is 0 Å². The van der Waals surface area contributed by atoms with Crippen LogP contribution in [0.4, 0.5) is 14.9 Å². The van der Waals surface area contributed by atoms with Gasteiger partial charge in [0.05, 0.1) is 12.1 Å². The predicted octanol–water partition coefficient (Wildman–Crippen LogP) is 4.00. The van der Waals surface area contributed by atoms with Crippen molar-refractivity contribution in [3.05, 3.63) is 88.5 Å². The zero-order chi connectivity index (χ0) is 21.8. The summed E-state index contributed by atoms with van der Waals surface area (Å²) in [7, 11) is 0. The summed E-state index contributed by atoms with van der Waals surface area (Å²) in [6, 6.07) is 14.2. The van der Waals surface area contributed by atoms with Gasteiger partial charge < -0.3 is 20.7 Å². The van der Waals surface area contributed by atoms with Crippen molar-refractivity contribution in [1.29, 1.82) is 0 Å². The number of H-pyrrole nitrogens is 1. The van der Waals surface area contributed by atoms with Crippen LogP contribution in [0.1, 0.15) is 32.9 Å². The van der Waals surface area contributed by atoms with Crippen LogP contribution in [0, 0.1) is 19.7 Å². The van der Waals surface area contributed by atoms with Gasteiger partial charge in [-0.3, -0.25) is 4.79 Å². The van der Waals surface area contributed by atoms with Gasteiger partial charge in [0, 0.05) is 22.6 Å². The van der Waals surface area contributed by atoms with Crippen LogP contribution in [0.2, 0.25) is 0 Å². The maximum Gasteiger partial charge on any atom is 0.433 e. The van der Waals surface area contributed by atoms with Crippen molar-refractivity contribution in [2.24, 2.45) is 10.7 Å². The molecule has 7 nitrogen and oxygen atoms in total. The Labute approximate surface area is 172 Å². The third-order valence-corrected chi connectivity index (χ3v) is 4.57. The van der Waals surface area contributed by atoms with Gasteiger partial charge in [-0.05, 0) is 49.7 Å². The van der Waals surface area contributed by atoms with Crippen molar-refractivity contribution in [2.75, 3.05) is 4.90 Å². The molecule has 0 radical (unpaired) electrons. The Bertz CT molecular complexity index is 1100. The number of hydrogen-bond acceptors (Lipinski definition) is 2. The van der Waals surface area contributed by atoms with Crippen LogP contribution < -0.4 is 10.6 Å². The van der Waals surface area contributed by atoms with Crippen molar-refractivity contribution in [3.63, 3.8) is 0 Å². The molecule has 30 heavy (non-hydrogen) atoms. The lowest BCUT2D eigenvalue weighted by molar-refractivity contribution is 0.0984. The Balaban J connectivity index is 1.93. The van der Waals surface area contributed by atoms with Gasteiger partial charge in [-0.2, -0.15) is 4.99 Å². The molecule has 1 heterocycles. The van der Waals surface area contributed by atoms with Crippen LogP contribution in [-0.4, -0.2) is 27.9 Å². The van der Waals surface area contributed by atoms with Crippen LogP contribution in [0.5, 0.6) is 0 Å². The smallest absolute Gasteiger partial charge is 0.433 e. The number of carbonyl (C=O) groups excluding carboxylic acids is 1. The maximum atomic E-state index is 13.4. The number of benzene rings is 2. The number of anilines is 1. The highest BCUT2D eigenvalue weighted by Gasteiger charge is 2.21. The van der Waals surface area contributed by atoms with E-state index in [0.29, 0.717) is 16.8 Å². The largest absolute Gasteiger partial charge is 0.463 e. The normalized spacial score (nSPS) is 11.4. The van der Waals surface area contributed by atoms with Crippen molar-refractivity contribution < 1.29 is 19.1 Å². The van der Waals surface area contributed by atoms with E-state index in [0.717, 1.165) is 17.0 Å². The van der Waals surface area contributed by atoms with Crippen LogP contribution in [0.15, 0.2) is 59.6 Å². The van der Waals surface area contributed by atoms with E-state index in [2.05, 4.69) is 9.98 Å². The minimum Gasteiger partial charge on any atom is -0.463 e. The molecule has 0 spiro atoms. The third-order valence-electron chi connectivity index (χ3n) is 4.57. The Morgan fingerprint density at radius 2 is 1.73 bits per heavy atom. The van der Waals surface area contributed by atoms with Gasteiger partial charge in [-0.25, -0.2) is 9.18 Å². The molecule has 0 aliphatic carbocycles. The third kappa shape index (κ3) is 4.72. The molecular formula is C22H21FN4O3. The molecule has 0 saturated heterocycles. The highest BCUT2D eigenvalue weighted by Crippen LogP contribution is 2.23. The van der Waals surface area contributed by atoms with Crippen LogP contribution in [-0.2, 0) is 6.54 Å². The number of hydrogen-bond donors (Lipinski definition) is 3. The molecule has 1 aromatic heterocycles. The number of aliphatic imine (C=N–C) groups is 1. The minimum absolute atomic E-state index is 0.112. The highest BCUT2D eigenvalue weighted by atomic mass is 19.1. The Morgan fingerprint density at radius 1 is 1.10 bits per heavy atom. The van der Waals surface area contributed by atoms with Gasteiger partial charge in [0.25, 0.3) is 5.91 Å². The molecule has 0 atom stereocenters. The molecule has 8 heteroatoms. The number of aromatic nitrogens is 1. The van der Waals surface area contributed by atoms with Crippen LogP contribution >= 0.6 is 0 Å². The summed E-state index contributed by atoms with van der Waals surface area (Å²) in [4.78, 5) is 31.9. The number of nitrogens with two attached hydrogens (primary N) is 1. The first kappa shape index (κ1) is 20.8. The fraction of sp³-hybridized carbons (Fsp3) is 0.136. The van der Waals surface area contributed by atoms with E-state index in [1.54, 1.807) is 47.4 Å². The Kier molecular flexibility index (Phi) is 5.96. The number of rotatable bonds is 5. The molecule has 0 unspecified atom stereocenters. The maximum absolute atomic E-state index is 13.4. The fourth-order valence-corrected chi connectivity index (χ4v) is 3.12. The van der Waals surface area contributed by atoms with Crippen molar-refractivity contribution in [2.45, 2.75) is 20.4 Å². The number of carboxylic acid groups (broad SMARTS) is 1. The summed E-state index contributed by atoms with van der Waals surface area (Å²) in [5.41, 5.74) is 9.60. The lowest BCUT2D eigenvalue weighted by Crippen LogP contribution is -2.30. The quantitative estimate of drug-likeness (QED) is 0.437. The summed E-state index contributed by atoms with van der Waals surface area (Å²) in [6.45, 7) is 3.92.